The van der Waals surface area contributed by atoms with Crippen LogP contribution in [0.1, 0.15) is 30.4 Å². The van der Waals surface area contributed by atoms with Gasteiger partial charge in [0.25, 0.3) is 0 Å². The van der Waals surface area contributed by atoms with E-state index in [4.69, 9.17) is 11.6 Å². The van der Waals surface area contributed by atoms with E-state index < -0.39 is 10.0 Å². The van der Waals surface area contributed by atoms with Crippen molar-refractivity contribution >= 4 is 21.6 Å². The quantitative estimate of drug-likeness (QED) is 0.831. The molecule has 2 aromatic rings. The Labute approximate surface area is 154 Å². The highest BCUT2D eigenvalue weighted by Gasteiger charge is 2.14. The van der Waals surface area contributed by atoms with E-state index in [1.807, 2.05) is 12.1 Å². The van der Waals surface area contributed by atoms with E-state index in [-0.39, 0.29) is 11.4 Å². The molecule has 4 nitrogen and oxygen atoms in total. The highest BCUT2D eigenvalue weighted by Crippen LogP contribution is 2.16. The summed E-state index contributed by atoms with van der Waals surface area (Å²) in [4.78, 5) is 2.69. The van der Waals surface area contributed by atoms with Gasteiger partial charge in [0, 0.05) is 18.1 Å². The van der Waals surface area contributed by atoms with Crippen LogP contribution < -0.4 is 4.72 Å². The smallest absolute Gasteiger partial charge is 0.240 e. The van der Waals surface area contributed by atoms with E-state index in [9.17, 15) is 8.42 Å². The average Bonchev–Trinajstić information content (AvgIpc) is 2.62. The average molecular weight is 379 g/mol. The molecule has 0 atom stereocenters. The molecular weight excluding hydrogens is 356 g/mol. The second-order valence-electron chi connectivity index (χ2n) is 6.43. The monoisotopic (exact) mass is 378 g/mol. The molecule has 0 unspecified atom stereocenters. The van der Waals surface area contributed by atoms with Crippen molar-refractivity contribution in [3.63, 3.8) is 0 Å². The summed E-state index contributed by atoms with van der Waals surface area (Å²) < 4.78 is 27.2. The number of hydrogen-bond acceptors (Lipinski definition) is 3. The van der Waals surface area contributed by atoms with E-state index in [1.165, 1.54) is 50.0 Å². The van der Waals surface area contributed by atoms with Crippen molar-refractivity contribution in [3.05, 3.63) is 64.7 Å². The highest BCUT2D eigenvalue weighted by molar-refractivity contribution is 7.89. The van der Waals surface area contributed by atoms with Gasteiger partial charge in [-0.15, -0.1) is 0 Å². The number of likely N-dealkylation sites (tertiary alicyclic amines) is 1. The number of rotatable bonds is 6. The fourth-order valence-electron chi connectivity index (χ4n) is 3.01. The van der Waals surface area contributed by atoms with Crippen LogP contribution in [0.2, 0.25) is 5.02 Å². The standard InChI is InChI=1S/C19H23ClN2O2S/c20-18-8-10-19(11-9-18)25(23,24)21-14-16-4-6-17(7-5-16)15-22-12-2-1-3-13-22/h4-11,21H,1-3,12-15H2. The summed E-state index contributed by atoms with van der Waals surface area (Å²) >= 11 is 5.80. The summed E-state index contributed by atoms with van der Waals surface area (Å²) in [7, 11) is -3.52. The first-order valence-electron chi connectivity index (χ1n) is 8.58. The van der Waals surface area contributed by atoms with Crippen LogP contribution in [0.5, 0.6) is 0 Å². The molecule has 3 rings (SSSR count). The fourth-order valence-corrected chi connectivity index (χ4v) is 4.16. The van der Waals surface area contributed by atoms with Crippen LogP contribution in [0.15, 0.2) is 53.4 Å². The third-order valence-electron chi connectivity index (χ3n) is 4.47. The van der Waals surface area contributed by atoms with Gasteiger partial charge in [-0.1, -0.05) is 42.3 Å². The lowest BCUT2D eigenvalue weighted by Gasteiger charge is -2.26. The van der Waals surface area contributed by atoms with Crippen LogP contribution in [-0.2, 0) is 23.1 Å². The summed E-state index contributed by atoms with van der Waals surface area (Å²) in [6, 6.07) is 14.3. The Balaban J connectivity index is 1.56. The molecular formula is C19H23ClN2O2S. The van der Waals surface area contributed by atoms with Gasteiger partial charge in [-0.3, -0.25) is 4.90 Å². The van der Waals surface area contributed by atoms with Gasteiger partial charge in [0.05, 0.1) is 4.90 Å². The summed E-state index contributed by atoms with van der Waals surface area (Å²) in [5.74, 6) is 0. The van der Waals surface area contributed by atoms with Gasteiger partial charge in [-0.05, 0) is 61.3 Å². The van der Waals surface area contributed by atoms with Crippen molar-refractivity contribution in [3.8, 4) is 0 Å². The predicted molar refractivity (Wildman–Crippen MR) is 101 cm³/mol. The van der Waals surface area contributed by atoms with Crippen molar-refractivity contribution in [1.82, 2.24) is 9.62 Å². The minimum Gasteiger partial charge on any atom is -0.299 e. The SMILES string of the molecule is O=S(=O)(NCc1ccc(CN2CCCCC2)cc1)c1ccc(Cl)cc1. The molecule has 1 aliphatic heterocycles. The molecule has 25 heavy (non-hydrogen) atoms. The van der Waals surface area contributed by atoms with Gasteiger partial charge < -0.3 is 0 Å². The molecule has 0 spiro atoms. The van der Waals surface area contributed by atoms with Crippen LogP contribution in [0.3, 0.4) is 0 Å². The number of sulfonamides is 1. The van der Waals surface area contributed by atoms with Crippen LogP contribution in [0, 0.1) is 0 Å². The molecule has 1 N–H and O–H groups in total. The molecule has 1 heterocycles. The van der Waals surface area contributed by atoms with Gasteiger partial charge in [-0.2, -0.15) is 0 Å². The Morgan fingerprint density at radius 1 is 0.880 bits per heavy atom. The van der Waals surface area contributed by atoms with Gasteiger partial charge in [0.1, 0.15) is 0 Å². The minimum absolute atomic E-state index is 0.221. The number of nitrogens with zero attached hydrogens (tertiary/aromatic N) is 1. The third-order valence-corrected chi connectivity index (χ3v) is 6.14. The molecule has 0 radical (unpaired) electrons. The molecule has 134 valence electrons. The van der Waals surface area contributed by atoms with Crippen molar-refractivity contribution in [2.45, 2.75) is 37.2 Å². The highest BCUT2D eigenvalue weighted by atomic mass is 35.5. The van der Waals surface area contributed by atoms with Crippen molar-refractivity contribution in [2.75, 3.05) is 13.1 Å². The van der Waals surface area contributed by atoms with Crippen LogP contribution in [0.25, 0.3) is 0 Å². The Morgan fingerprint density at radius 3 is 2.12 bits per heavy atom. The Morgan fingerprint density at radius 2 is 1.48 bits per heavy atom. The molecule has 2 aromatic carbocycles. The summed E-state index contributed by atoms with van der Waals surface area (Å²) in [6.45, 7) is 3.58. The minimum atomic E-state index is -3.52. The molecule has 0 aliphatic carbocycles. The lowest BCUT2D eigenvalue weighted by atomic mass is 10.1. The maximum absolute atomic E-state index is 12.3. The topological polar surface area (TPSA) is 49.4 Å². The van der Waals surface area contributed by atoms with Gasteiger partial charge in [0.2, 0.25) is 10.0 Å². The lowest BCUT2D eigenvalue weighted by Crippen LogP contribution is -2.29. The van der Waals surface area contributed by atoms with E-state index in [2.05, 4.69) is 21.8 Å². The number of halogens is 1. The third kappa shape index (κ3) is 5.28. The second-order valence-corrected chi connectivity index (χ2v) is 8.64. The second kappa shape index (κ2) is 8.32. The zero-order valence-electron chi connectivity index (χ0n) is 14.1. The molecule has 1 aliphatic rings. The van der Waals surface area contributed by atoms with Crippen molar-refractivity contribution < 1.29 is 8.42 Å². The number of benzene rings is 2. The molecule has 1 saturated heterocycles. The van der Waals surface area contributed by atoms with E-state index in [0.717, 1.165) is 12.1 Å². The predicted octanol–water partition coefficient (Wildman–Crippen LogP) is 3.80. The normalized spacial score (nSPS) is 16.0. The first-order valence-corrected chi connectivity index (χ1v) is 10.4. The Bertz CT molecular complexity index is 783. The van der Waals surface area contributed by atoms with Gasteiger partial charge in [-0.25, -0.2) is 13.1 Å². The summed E-state index contributed by atoms with van der Waals surface area (Å²) in [5.41, 5.74) is 2.21. The number of hydrogen-bond donors (Lipinski definition) is 1. The molecule has 0 aromatic heterocycles. The van der Waals surface area contributed by atoms with Gasteiger partial charge in [0.15, 0.2) is 0 Å². The zero-order chi connectivity index (χ0) is 17.7. The number of piperidine rings is 1. The van der Waals surface area contributed by atoms with E-state index in [0.29, 0.717) is 5.02 Å². The Hall–Kier alpha value is -1.40. The maximum Gasteiger partial charge on any atom is 0.240 e. The van der Waals surface area contributed by atoms with E-state index >= 15 is 0 Å². The molecule has 6 heteroatoms. The fraction of sp³-hybridized carbons (Fsp3) is 0.368. The maximum atomic E-state index is 12.3. The lowest BCUT2D eigenvalue weighted by molar-refractivity contribution is 0.221. The summed E-state index contributed by atoms with van der Waals surface area (Å²) in [5, 5.41) is 0.517. The molecule has 0 amide bonds. The Kier molecular flexibility index (Phi) is 6.12. The molecule has 1 fully saturated rings. The summed E-state index contributed by atoms with van der Waals surface area (Å²) in [6.07, 6.45) is 3.90. The largest absolute Gasteiger partial charge is 0.299 e. The van der Waals surface area contributed by atoms with Gasteiger partial charge >= 0.3 is 0 Å². The molecule has 0 saturated carbocycles. The van der Waals surface area contributed by atoms with E-state index in [1.54, 1.807) is 12.1 Å². The number of nitrogens with one attached hydrogen (secondary N) is 1. The van der Waals surface area contributed by atoms with Crippen LogP contribution in [-0.4, -0.2) is 26.4 Å². The molecule has 0 bridgehead atoms. The van der Waals surface area contributed by atoms with Crippen LogP contribution in [0.4, 0.5) is 0 Å². The first-order chi connectivity index (χ1) is 12.0. The zero-order valence-corrected chi connectivity index (χ0v) is 15.7. The van der Waals surface area contributed by atoms with Crippen molar-refractivity contribution in [2.24, 2.45) is 0 Å². The first kappa shape index (κ1) is 18.4. The van der Waals surface area contributed by atoms with Crippen molar-refractivity contribution in [1.29, 1.82) is 0 Å². The van der Waals surface area contributed by atoms with Crippen LogP contribution >= 0.6 is 11.6 Å².